The van der Waals surface area contributed by atoms with Crippen LogP contribution < -0.4 is 10.1 Å². The molecule has 1 aromatic heterocycles. The van der Waals surface area contributed by atoms with Gasteiger partial charge in [-0.15, -0.1) is 0 Å². The van der Waals surface area contributed by atoms with Gasteiger partial charge in [0.25, 0.3) is 0 Å². The number of nitrogens with one attached hydrogen (secondary N) is 1. The van der Waals surface area contributed by atoms with Crippen LogP contribution in [0.4, 0.5) is 0 Å². The Morgan fingerprint density at radius 1 is 1.45 bits per heavy atom. The predicted octanol–water partition coefficient (Wildman–Crippen LogP) is 2.95. The quantitative estimate of drug-likeness (QED) is 0.833. The van der Waals surface area contributed by atoms with E-state index < -0.39 is 0 Å². The Labute approximate surface area is 121 Å². The first kappa shape index (κ1) is 15.3. The topological polar surface area (TPSA) is 43.4 Å². The second-order valence-corrected chi connectivity index (χ2v) is 5.40. The molecule has 0 amide bonds. The molecule has 0 aliphatic carbocycles. The Bertz CT molecular complexity index is 392. The van der Waals surface area contributed by atoms with Crippen molar-refractivity contribution in [2.45, 2.75) is 38.6 Å². The van der Waals surface area contributed by atoms with E-state index in [-0.39, 0.29) is 0 Å². The maximum atomic E-state index is 5.46. The lowest BCUT2D eigenvalue weighted by molar-refractivity contribution is 0.0604. The lowest BCUT2D eigenvalue weighted by atomic mass is 9.89. The molecule has 1 N–H and O–H groups in total. The maximum Gasteiger partial charge on any atom is 0.217 e. The summed E-state index contributed by atoms with van der Waals surface area (Å²) in [5.74, 6) is 1.47. The highest BCUT2D eigenvalue weighted by molar-refractivity contribution is 5.29. The average molecular weight is 278 g/mol. The Morgan fingerprint density at radius 3 is 2.95 bits per heavy atom. The van der Waals surface area contributed by atoms with Crippen molar-refractivity contribution in [3.63, 3.8) is 0 Å². The highest BCUT2D eigenvalue weighted by atomic mass is 16.5. The van der Waals surface area contributed by atoms with Gasteiger partial charge in [-0.1, -0.05) is 13.0 Å². The lowest BCUT2D eigenvalue weighted by Crippen LogP contribution is -2.27. The van der Waals surface area contributed by atoms with E-state index in [2.05, 4.69) is 23.3 Å². The fraction of sp³-hybridized carbons (Fsp3) is 0.688. The van der Waals surface area contributed by atoms with Crippen LogP contribution in [0.5, 0.6) is 5.88 Å². The molecule has 0 saturated carbocycles. The van der Waals surface area contributed by atoms with Gasteiger partial charge in [0, 0.05) is 31.0 Å². The van der Waals surface area contributed by atoms with Gasteiger partial charge in [0.15, 0.2) is 0 Å². The Hall–Kier alpha value is -1.13. The van der Waals surface area contributed by atoms with Crippen LogP contribution in [0.25, 0.3) is 0 Å². The van der Waals surface area contributed by atoms with Gasteiger partial charge in [0.1, 0.15) is 0 Å². The van der Waals surface area contributed by atoms with Crippen LogP contribution in [0.3, 0.4) is 0 Å². The van der Waals surface area contributed by atoms with Crippen LogP contribution in [0.1, 0.15) is 44.2 Å². The molecule has 1 saturated heterocycles. The van der Waals surface area contributed by atoms with Gasteiger partial charge in [-0.25, -0.2) is 4.98 Å². The molecule has 0 spiro atoms. The standard InChI is InChI=1S/C16H26N2O2/c1-3-8-17-15(12-13-6-10-20-11-7-13)14-5-4-9-18-16(14)19-2/h4-5,9,13,15,17H,3,6-8,10-12H2,1-2H3. The molecular weight excluding hydrogens is 252 g/mol. The van der Waals surface area contributed by atoms with Crippen molar-refractivity contribution in [1.29, 1.82) is 0 Å². The second-order valence-electron chi connectivity index (χ2n) is 5.40. The molecule has 0 radical (unpaired) electrons. The van der Waals surface area contributed by atoms with Crippen molar-refractivity contribution in [3.8, 4) is 5.88 Å². The molecule has 0 bridgehead atoms. The minimum absolute atomic E-state index is 0.321. The summed E-state index contributed by atoms with van der Waals surface area (Å²) in [6, 6.07) is 4.43. The summed E-state index contributed by atoms with van der Waals surface area (Å²) in [4.78, 5) is 4.33. The van der Waals surface area contributed by atoms with Gasteiger partial charge in [-0.3, -0.25) is 0 Å². The molecule has 4 heteroatoms. The Kier molecular flexibility index (Phi) is 6.27. The van der Waals surface area contributed by atoms with E-state index in [0.29, 0.717) is 6.04 Å². The summed E-state index contributed by atoms with van der Waals surface area (Å²) < 4.78 is 10.9. The molecule has 1 aromatic rings. The number of hydrogen-bond acceptors (Lipinski definition) is 4. The maximum absolute atomic E-state index is 5.46. The molecule has 1 atom stereocenters. The summed E-state index contributed by atoms with van der Waals surface area (Å²) in [6.07, 6.45) is 6.37. The van der Waals surface area contributed by atoms with E-state index >= 15 is 0 Å². The largest absolute Gasteiger partial charge is 0.481 e. The molecule has 0 aromatic carbocycles. The second kappa shape index (κ2) is 8.22. The zero-order chi connectivity index (χ0) is 14.2. The molecule has 2 rings (SSSR count). The molecule has 2 heterocycles. The molecule has 4 nitrogen and oxygen atoms in total. The lowest BCUT2D eigenvalue weighted by Gasteiger charge is -2.28. The number of hydrogen-bond donors (Lipinski definition) is 1. The van der Waals surface area contributed by atoms with Crippen molar-refractivity contribution in [2.75, 3.05) is 26.9 Å². The minimum Gasteiger partial charge on any atom is -0.481 e. The van der Waals surface area contributed by atoms with Crippen LogP contribution in [-0.2, 0) is 4.74 Å². The average Bonchev–Trinajstić information content (AvgIpc) is 2.52. The van der Waals surface area contributed by atoms with E-state index in [1.54, 1.807) is 13.3 Å². The summed E-state index contributed by atoms with van der Waals surface area (Å²) in [5.41, 5.74) is 1.18. The van der Waals surface area contributed by atoms with Crippen molar-refractivity contribution in [1.82, 2.24) is 10.3 Å². The molecule has 1 aliphatic rings. The highest BCUT2D eigenvalue weighted by Gasteiger charge is 2.22. The Morgan fingerprint density at radius 2 is 2.25 bits per heavy atom. The third kappa shape index (κ3) is 4.18. The fourth-order valence-electron chi connectivity index (χ4n) is 2.79. The molecular formula is C16H26N2O2. The summed E-state index contributed by atoms with van der Waals surface area (Å²) in [5, 5.41) is 3.65. The van der Waals surface area contributed by atoms with Crippen LogP contribution in [-0.4, -0.2) is 31.9 Å². The SMILES string of the molecule is CCCNC(CC1CCOCC1)c1cccnc1OC. The minimum atomic E-state index is 0.321. The van der Waals surface area contributed by atoms with Crippen LogP contribution in [0.15, 0.2) is 18.3 Å². The van der Waals surface area contributed by atoms with Crippen molar-refractivity contribution < 1.29 is 9.47 Å². The number of pyridine rings is 1. The first-order valence-corrected chi connectivity index (χ1v) is 7.65. The van der Waals surface area contributed by atoms with E-state index in [4.69, 9.17) is 9.47 Å². The number of ether oxygens (including phenoxy) is 2. The number of aromatic nitrogens is 1. The van der Waals surface area contributed by atoms with E-state index in [1.165, 1.54) is 5.56 Å². The zero-order valence-corrected chi connectivity index (χ0v) is 12.6. The molecule has 1 aliphatic heterocycles. The van der Waals surface area contributed by atoms with Crippen LogP contribution in [0, 0.1) is 5.92 Å². The van der Waals surface area contributed by atoms with Gasteiger partial charge in [0.05, 0.1) is 7.11 Å². The van der Waals surface area contributed by atoms with Gasteiger partial charge >= 0.3 is 0 Å². The van der Waals surface area contributed by atoms with Gasteiger partial charge in [0.2, 0.25) is 5.88 Å². The summed E-state index contributed by atoms with van der Waals surface area (Å²) in [7, 11) is 1.69. The normalized spacial score (nSPS) is 17.9. The van der Waals surface area contributed by atoms with Crippen molar-refractivity contribution >= 4 is 0 Å². The van der Waals surface area contributed by atoms with Gasteiger partial charge in [-0.05, 0) is 44.2 Å². The van der Waals surface area contributed by atoms with Gasteiger partial charge < -0.3 is 14.8 Å². The van der Waals surface area contributed by atoms with E-state index in [1.807, 2.05) is 6.07 Å². The Balaban J connectivity index is 2.08. The highest BCUT2D eigenvalue weighted by Crippen LogP contribution is 2.31. The smallest absolute Gasteiger partial charge is 0.217 e. The monoisotopic (exact) mass is 278 g/mol. The molecule has 112 valence electrons. The van der Waals surface area contributed by atoms with E-state index in [9.17, 15) is 0 Å². The third-order valence-corrected chi connectivity index (χ3v) is 3.92. The van der Waals surface area contributed by atoms with Crippen molar-refractivity contribution in [2.24, 2.45) is 5.92 Å². The molecule has 20 heavy (non-hydrogen) atoms. The van der Waals surface area contributed by atoms with Gasteiger partial charge in [-0.2, -0.15) is 0 Å². The third-order valence-electron chi connectivity index (χ3n) is 3.92. The number of rotatable bonds is 7. The first-order chi connectivity index (χ1) is 9.85. The van der Waals surface area contributed by atoms with Crippen LogP contribution >= 0.6 is 0 Å². The zero-order valence-electron chi connectivity index (χ0n) is 12.6. The first-order valence-electron chi connectivity index (χ1n) is 7.65. The summed E-state index contributed by atoms with van der Waals surface area (Å²) in [6.45, 7) is 5.01. The fourth-order valence-corrected chi connectivity index (χ4v) is 2.79. The number of nitrogens with zero attached hydrogens (tertiary/aromatic N) is 1. The number of methoxy groups -OCH3 is 1. The van der Waals surface area contributed by atoms with Crippen molar-refractivity contribution in [3.05, 3.63) is 23.9 Å². The van der Waals surface area contributed by atoms with Crippen LogP contribution in [0.2, 0.25) is 0 Å². The molecule has 1 fully saturated rings. The summed E-state index contributed by atoms with van der Waals surface area (Å²) >= 11 is 0. The molecule has 1 unspecified atom stereocenters. The van der Waals surface area contributed by atoms with E-state index in [0.717, 1.165) is 57.2 Å². The predicted molar refractivity (Wildman–Crippen MR) is 80.0 cm³/mol.